The topological polar surface area (TPSA) is 47.7 Å². The molecule has 104 valence electrons. The fourth-order valence-electron chi connectivity index (χ4n) is 2.03. The van der Waals surface area contributed by atoms with Crippen LogP contribution < -0.4 is 5.32 Å². The van der Waals surface area contributed by atoms with Crippen molar-refractivity contribution in [2.45, 2.75) is 40.4 Å². The Kier molecular flexibility index (Phi) is 4.61. The van der Waals surface area contributed by atoms with Gasteiger partial charge >= 0.3 is 0 Å². The SMILES string of the molecule is CCNCc1cn(Cc2c(Cl)c(C)nn2CC)cn1. The fourth-order valence-corrected chi connectivity index (χ4v) is 2.23. The van der Waals surface area contributed by atoms with E-state index in [1.54, 1.807) is 0 Å². The maximum atomic E-state index is 6.30. The largest absolute Gasteiger partial charge is 0.331 e. The van der Waals surface area contributed by atoms with Crippen LogP contribution in [0.5, 0.6) is 0 Å². The molecule has 0 unspecified atom stereocenters. The van der Waals surface area contributed by atoms with Crippen molar-refractivity contribution in [1.29, 1.82) is 0 Å². The van der Waals surface area contributed by atoms with Gasteiger partial charge in [0.2, 0.25) is 0 Å². The Labute approximate surface area is 118 Å². The van der Waals surface area contributed by atoms with Crippen molar-refractivity contribution in [1.82, 2.24) is 24.6 Å². The van der Waals surface area contributed by atoms with Crippen molar-refractivity contribution in [2.75, 3.05) is 6.54 Å². The Morgan fingerprint density at radius 1 is 1.37 bits per heavy atom. The highest BCUT2D eigenvalue weighted by atomic mass is 35.5. The van der Waals surface area contributed by atoms with E-state index >= 15 is 0 Å². The van der Waals surface area contributed by atoms with E-state index in [0.29, 0.717) is 6.54 Å². The van der Waals surface area contributed by atoms with Gasteiger partial charge < -0.3 is 9.88 Å². The number of nitrogens with zero attached hydrogens (tertiary/aromatic N) is 4. The summed E-state index contributed by atoms with van der Waals surface area (Å²) in [5.74, 6) is 0. The van der Waals surface area contributed by atoms with Crippen LogP contribution >= 0.6 is 11.6 Å². The van der Waals surface area contributed by atoms with Crippen molar-refractivity contribution in [3.05, 3.63) is 34.6 Å². The second-order valence-electron chi connectivity index (χ2n) is 4.48. The van der Waals surface area contributed by atoms with E-state index in [0.717, 1.165) is 41.7 Å². The number of rotatable bonds is 6. The van der Waals surface area contributed by atoms with E-state index in [9.17, 15) is 0 Å². The molecule has 0 aliphatic rings. The second kappa shape index (κ2) is 6.21. The van der Waals surface area contributed by atoms with Crippen LogP contribution in [0, 0.1) is 6.92 Å². The highest BCUT2D eigenvalue weighted by Gasteiger charge is 2.13. The second-order valence-corrected chi connectivity index (χ2v) is 4.86. The van der Waals surface area contributed by atoms with Crippen LogP contribution in [0.2, 0.25) is 5.02 Å². The summed E-state index contributed by atoms with van der Waals surface area (Å²) in [6.45, 7) is 9.34. The maximum Gasteiger partial charge on any atom is 0.0953 e. The van der Waals surface area contributed by atoms with Crippen LogP contribution in [0.3, 0.4) is 0 Å². The summed E-state index contributed by atoms with van der Waals surface area (Å²) >= 11 is 6.30. The highest BCUT2D eigenvalue weighted by Crippen LogP contribution is 2.21. The van der Waals surface area contributed by atoms with Gasteiger partial charge in [-0.15, -0.1) is 0 Å². The molecule has 0 bridgehead atoms. The van der Waals surface area contributed by atoms with Crippen molar-refractivity contribution in [3.63, 3.8) is 0 Å². The highest BCUT2D eigenvalue weighted by molar-refractivity contribution is 6.31. The summed E-state index contributed by atoms with van der Waals surface area (Å²) in [5.41, 5.74) is 2.96. The van der Waals surface area contributed by atoms with Gasteiger partial charge in [-0.3, -0.25) is 4.68 Å². The van der Waals surface area contributed by atoms with Gasteiger partial charge in [0.15, 0.2) is 0 Å². The first-order valence-electron chi connectivity index (χ1n) is 6.58. The number of nitrogens with one attached hydrogen (secondary N) is 1. The van der Waals surface area contributed by atoms with Crippen LogP contribution in [0.25, 0.3) is 0 Å². The molecule has 19 heavy (non-hydrogen) atoms. The predicted octanol–water partition coefficient (Wildman–Crippen LogP) is 2.22. The lowest BCUT2D eigenvalue weighted by molar-refractivity contribution is 0.597. The molecule has 0 aromatic carbocycles. The van der Waals surface area contributed by atoms with E-state index in [1.807, 2.05) is 28.7 Å². The van der Waals surface area contributed by atoms with Crippen LogP contribution in [0.1, 0.15) is 30.9 Å². The Morgan fingerprint density at radius 2 is 2.16 bits per heavy atom. The number of imidazole rings is 1. The van der Waals surface area contributed by atoms with Gasteiger partial charge in [-0.05, 0) is 20.4 Å². The quantitative estimate of drug-likeness (QED) is 0.883. The molecule has 0 amide bonds. The average Bonchev–Trinajstić information content (AvgIpc) is 2.96. The minimum atomic E-state index is 0.701. The summed E-state index contributed by atoms with van der Waals surface area (Å²) in [7, 11) is 0. The molecule has 2 rings (SSSR count). The van der Waals surface area contributed by atoms with Gasteiger partial charge in [0.05, 0.1) is 35.0 Å². The first kappa shape index (κ1) is 14.1. The molecule has 1 N–H and O–H groups in total. The summed E-state index contributed by atoms with van der Waals surface area (Å²) in [6, 6.07) is 0. The standard InChI is InChI=1S/C13H20ClN5/c1-4-15-6-11-7-18(9-16-11)8-12-13(14)10(3)17-19(12)5-2/h7,9,15H,4-6,8H2,1-3H3. The monoisotopic (exact) mass is 281 g/mol. The van der Waals surface area contributed by atoms with E-state index in [-0.39, 0.29) is 0 Å². The molecule has 0 aliphatic carbocycles. The van der Waals surface area contributed by atoms with Gasteiger partial charge in [-0.1, -0.05) is 18.5 Å². The third-order valence-electron chi connectivity index (χ3n) is 3.03. The van der Waals surface area contributed by atoms with Crippen LogP contribution in [0.15, 0.2) is 12.5 Å². The van der Waals surface area contributed by atoms with Gasteiger partial charge in [-0.25, -0.2) is 4.98 Å². The predicted molar refractivity (Wildman–Crippen MR) is 76.4 cm³/mol. The smallest absolute Gasteiger partial charge is 0.0953 e. The molecular formula is C13H20ClN5. The number of aryl methyl sites for hydroxylation is 2. The lowest BCUT2D eigenvalue weighted by Gasteiger charge is -2.06. The van der Waals surface area contributed by atoms with Gasteiger partial charge in [0, 0.05) is 19.3 Å². The zero-order valence-electron chi connectivity index (χ0n) is 11.6. The molecule has 0 fully saturated rings. The third kappa shape index (κ3) is 3.16. The molecule has 5 nitrogen and oxygen atoms in total. The molecule has 2 aromatic heterocycles. The van der Waals surface area contributed by atoms with E-state index in [2.05, 4.69) is 29.2 Å². The van der Waals surface area contributed by atoms with Crippen molar-refractivity contribution in [3.8, 4) is 0 Å². The van der Waals surface area contributed by atoms with E-state index in [1.165, 1.54) is 0 Å². The van der Waals surface area contributed by atoms with Crippen LogP contribution in [0.4, 0.5) is 0 Å². The minimum Gasteiger partial charge on any atom is -0.331 e. The molecule has 0 atom stereocenters. The van der Waals surface area contributed by atoms with Crippen molar-refractivity contribution < 1.29 is 0 Å². The maximum absolute atomic E-state index is 6.30. The summed E-state index contributed by atoms with van der Waals surface area (Å²) in [4.78, 5) is 4.37. The van der Waals surface area contributed by atoms with Crippen LogP contribution in [-0.2, 0) is 19.6 Å². The number of hydrogen-bond acceptors (Lipinski definition) is 3. The van der Waals surface area contributed by atoms with Gasteiger partial charge in [0.25, 0.3) is 0 Å². The average molecular weight is 282 g/mol. The minimum absolute atomic E-state index is 0.701. The molecule has 2 heterocycles. The summed E-state index contributed by atoms with van der Waals surface area (Å²) in [6.07, 6.45) is 3.88. The third-order valence-corrected chi connectivity index (χ3v) is 3.52. The van der Waals surface area contributed by atoms with Crippen molar-refractivity contribution in [2.24, 2.45) is 0 Å². The Hall–Kier alpha value is -1.33. The lowest BCUT2D eigenvalue weighted by atomic mass is 10.3. The van der Waals surface area contributed by atoms with Gasteiger partial charge in [-0.2, -0.15) is 5.10 Å². The number of aromatic nitrogens is 4. The first-order valence-corrected chi connectivity index (χ1v) is 6.96. The first-order chi connectivity index (χ1) is 9.15. The number of halogens is 1. The fraction of sp³-hybridized carbons (Fsp3) is 0.538. The lowest BCUT2D eigenvalue weighted by Crippen LogP contribution is -2.12. The molecule has 0 saturated carbocycles. The zero-order chi connectivity index (χ0) is 13.8. The molecule has 0 saturated heterocycles. The summed E-state index contributed by atoms with van der Waals surface area (Å²) in [5, 5.41) is 8.43. The van der Waals surface area contributed by atoms with E-state index in [4.69, 9.17) is 11.6 Å². The molecule has 6 heteroatoms. The zero-order valence-corrected chi connectivity index (χ0v) is 12.4. The molecule has 2 aromatic rings. The number of hydrogen-bond donors (Lipinski definition) is 1. The van der Waals surface area contributed by atoms with Gasteiger partial charge in [0.1, 0.15) is 0 Å². The van der Waals surface area contributed by atoms with Crippen molar-refractivity contribution >= 4 is 11.6 Å². The van der Waals surface area contributed by atoms with E-state index < -0.39 is 0 Å². The Bertz CT molecular complexity index is 543. The Balaban J connectivity index is 2.14. The molecule has 0 spiro atoms. The van der Waals surface area contributed by atoms with Crippen LogP contribution in [-0.4, -0.2) is 25.9 Å². The Morgan fingerprint density at radius 3 is 2.84 bits per heavy atom. The normalized spacial score (nSPS) is 11.2. The summed E-state index contributed by atoms with van der Waals surface area (Å²) < 4.78 is 3.99. The molecule has 0 radical (unpaired) electrons. The molecular weight excluding hydrogens is 262 g/mol. The molecule has 0 aliphatic heterocycles.